The van der Waals surface area contributed by atoms with Crippen molar-refractivity contribution in [1.29, 1.82) is 0 Å². The molecule has 0 aliphatic carbocycles. The number of nitrogens with one attached hydrogen (secondary N) is 2. The Bertz CT molecular complexity index is 530. The topological polar surface area (TPSA) is 99.8 Å². The Labute approximate surface area is 116 Å². The predicted octanol–water partition coefficient (Wildman–Crippen LogP) is 0.744. The molecule has 0 bridgehead atoms. The van der Waals surface area contributed by atoms with Gasteiger partial charge in [-0.15, -0.1) is 0 Å². The van der Waals surface area contributed by atoms with Crippen LogP contribution in [0.1, 0.15) is 12.0 Å². The van der Waals surface area contributed by atoms with Crippen LogP contribution >= 0.6 is 11.8 Å². The van der Waals surface area contributed by atoms with Gasteiger partial charge < -0.3 is 21.1 Å². The number of hydrogen-bond donors (Lipinski definition) is 4. The molecule has 0 radical (unpaired) electrons. The standard InChI is InChI=1S/C12H19N5OS/c1-19-3-2-9(18)6-14-4-8-5-15-11-10(8)16-7-17-12(11)13/h5,7,9,14-15,18H,2-4,6H2,1H3,(H2,13,16,17). The van der Waals surface area contributed by atoms with Gasteiger partial charge in [-0.05, 0) is 18.4 Å². The molecule has 1 unspecified atom stereocenters. The van der Waals surface area contributed by atoms with Gasteiger partial charge in [0.1, 0.15) is 11.8 Å². The van der Waals surface area contributed by atoms with Crippen molar-refractivity contribution in [3.63, 3.8) is 0 Å². The van der Waals surface area contributed by atoms with Crippen LogP contribution in [-0.2, 0) is 6.54 Å². The fourth-order valence-electron chi connectivity index (χ4n) is 1.88. The van der Waals surface area contributed by atoms with Gasteiger partial charge in [-0.25, -0.2) is 9.97 Å². The lowest BCUT2D eigenvalue weighted by Crippen LogP contribution is -2.26. The summed E-state index contributed by atoms with van der Waals surface area (Å²) in [7, 11) is 0. The van der Waals surface area contributed by atoms with E-state index >= 15 is 0 Å². The Morgan fingerprint density at radius 2 is 2.37 bits per heavy atom. The van der Waals surface area contributed by atoms with Gasteiger partial charge in [0.25, 0.3) is 0 Å². The van der Waals surface area contributed by atoms with Crippen molar-refractivity contribution >= 4 is 28.6 Å². The number of nitrogens with zero attached hydrogens (tertiary/aromatic N) is 2. The minimum Gasteiger partial charge on any atom is -0.392 e. The summed E-state index contributed by atoms with van der Waals surface area (Å²) in [4.78, 5) is 11.2. The highest BCUT2D eigenvalue weighted by atomic mass is 32.2. The minimum atomic E-state index is -0.308. The smallest absolute Gasteiger partial charge is 0.151 e. The first-order valence-corrected chi connectivity index (χ1v) is 7.56. The van der Waals surface area contributed by atoms with E-state index in [-0.39, 0.29) is 6.10 Å². The van der Waals surface area contributed by atoms with Gasteiger partial charge in [-0.3, -0.25) is 0 Å². The maximum atomic E-state index is 9.74. The predicted molar refractivity (Wildman–Crippen MR) is 79.0 cm³/mol. The number of aromatic nitrogens is 3. The van der Waals surface area contributed by atoms with Crippen molar-refractivity contribution in [1.82, 2.24) is 20.3 Å². The summed E-state index contributed by atoms with van der Waals surface area (Å²) in [6.45, 7) is 1.22. The molecule has 2 aromatic rings. The molecule has 7 heteroatoms. The first-order valence-electron chi connectivity index (χ1n) is 6.16. The van der Waals surface area contributed by atoms with E-state index in [0.29, 0.717) is 18.9 Å². The van der Waals surface area contributed by atoms with Gasteiger partial charge in [-0.2, -0.15) is 11.8 Å². The molecule has 1 atom stereocenters. The van der Waals surface area contributed by atoms with E-state index in [1.807, 2.05) is 12.5 Å². The molecule has 0 aliphatic rings. The maximum absolute atomic E-state index is 9.74. The molecular formula is C12H19N5OS. The SMILES string of the molecule is CSCCC(O)CNCc1c[nH]c2c(N)ncnc12. The summed E-state index contributed by atoms with van der Waals surface area (Å²) in [5, 5.41) is 13.0. The zero-order valence-corrected chi connectivity index (χ0v) is 11.7. The van der Waals surface area contributed by atoms with Crippen LogP contribution in [0.3, 0.4) is 0 Å². The quantitative estimate of drug-likeness (QED) is 0.597. The van der Waals surface area contributed by atoms with Crippen LogP contribution in [0.25, 0.3) is 11.0 Å². The highest BCUT2D eigenvalue weighted by Gasteiger charge is 2.08. The second-order valence-electron chi connectivity index (χ2n) is 4.36. The van der Waals surface area contributed by atoms with Crippen molar-refractivity contribution in [2.24, 2.45) is 0 Å². The van der Waals surface area contributed by atoms with Gasteiger partial charge in [0, 0.05) is 24.8 Å². The Morgan fingerprint density at radius 3 is 3.16 bits per heavy atom. The number of fused-ring (bicyclic) bond motifs is 1. The number of hydrogen-bond acceptors (Lipinski definition) is 6. The molecule has 2 aromatic heterocycles. The van der Waals surface area contributed by atoms with Crippen molar-refractivity contribution in [3.05, 3.63) is 18.1 Å². The molecule has 0 saturated heterocycles. The Balaban J connectivity index is 1.90. The number of thioether (sulfide) groups is 1. The molecule has 0 spiro atoms. The zero-order chi connectivity index (χ0) is 13.7. The number of aliphatic hydroxyl groups excluding tert-OH is 1. The van der Waals surface area contributed by atoms with E-state index in [4.69, 9.17) is 5.73 Å². The molecule has 0 fully saturated rings. The number of aliphatic hydroxyl groups is 1. The van der Waals surface area contributed by atoms with Crippen LogP contribution in [-0.4, -0.2) is 44.7 Å². The Morgan fingerprint density at radius 1 is 1.53 bits per heavy atom. The third-order valence-electron chi connectivity index (χ3n) is 2.92. The van der Waals surface area contributed by atoms with E-state index in [1.54, 1.807) is 11.8 Å². The monoisotopic (exact) mass is 281 g/mol. The lowest BCUT2D eigenvalue weighted by atomic mass is 10.2. The summed E-state index contributed by atoms with van der Waals surface area (Å²) in [5.41, 5.74) is 8.38. The van der Waals surface area contributed by atoms with E-state index in [1.165, 1.54) is 6.33 Å². The molecule has 6 nitrogen and oxygen atoms in total. The molecule has 0 aliphatic heterocycles. The highest BCUT2D eigenvalue weighted by molar-refractivity contribution is 7.98. The largest absolute Gasteiger partial charge is 0.392 e. The van der Waals surface area contributed by atoms with Gasteiger partial charge in [0.2, 0.25) is 0 Å². The van der Waals surface area contributed by atoms with Crippen LogP contribution < -0.4 is 11.1 Å². The number of anilines is 1. The van der Waals surface area contributed by atoms with Crippen molar-refractivity contribution in [3.8, 4) is 0 Å². The molecule has 2 rings (SSSR count). The van der Waals surface area contributed by atoms with E-state index in [0.717, 1.165) is 28.8 Å². The van der Waals surface area contributed by atoms with Gasteiger partial charge >= 0.3 is 0 Å². The van der Waals surface area contributed by atoms with Crippen LogP contribution in [0.15, 0.2) is 12.5 Å². The van der Waals surface area contributed by atoms with Crippen molar-refractivity contribution in [2.75, 3.05) is 24.3 Å². The number of rotatable bonds is 7. The van der Waals surface area contributed by atoms with Gasteiger partial charge in [0.15, 0.2) is 5.82 Å². The zero-order valence-electron chi connectivity index (χ0n) is 10.9. The molecule has 2 heterocycles. The number of nitrogen functional groups attached to an aromatic ring is 1. The van der Waals surface area contributed by atoms with Gasteiger partial charge in [-0.1, -0.05) is 0 Å². The molecule has 104 valence electrons. The average Bonchev–Trinajstić information content (AvgIpc) is 2.81. The van der Waals surface area contributed by atoms with Crippen LogP contribution in [0.2, 0.25) is 0 Å². The summed E-state index contributed by atoms with van der Waals surface area (Å²) >= 11 is 1.74. The fourth-order valence-corrected chi connectivity index (χ4v) is 2.38. The van der Waals surface area contributed by atoms with E-state index in [2.05, 4.69) is 20.3 Å². The van der Waals surface area contributed by atoms with Crippen LogP contribution in [0.5, 0.6) is 0 Å². The molecular weight excluding hydrogens is 262 g/mol. The maximum Gasteiger partial charge on any atom is 0.151 e. The first-order chi connectivity index (χ1) is 9.22. The molecule has 0 saturated carbocycles. The molecule has 0 amide bonds. The Hall–Kier alpha value is -1.31. The number of nitrogens with two attached hydrogens (primary N) is 1. The number of aromatic amines is 1. The first kappa shape index (κ1) is 14.1. The van der Waals surface area contributed by atoms with Crippen molar-refractivity contribution in [2.45, 2.75) is 19.1 Å². The van der Waals surface area contributed by atoms with E-state index in [9.17, 15) is 5.11 Å². The second-order valence-corrected chi connectivity index (χ2v) is 5.35. The Kier molecular flexibility index (Phi) is 5.00. The molecule has 5 N–H and O–H groups in total. The lowest BCUT2D eigenvalue weighted by molar-refractivity contribution is 0.168. The summed E-state index contributed by atoms with van der Waals surface area (Å²) in [5.74, 6) is 1.43. The second kappa shape index (κ2) is 6.74. The fraction of sp³-hybridized carbons (Fsp3) is 0.500. The third kappa shape index (κ3) is 3.59. The van der Waals surface area contributed by atoms with E-state index < -0.39 is 0 Å². The third-order valence-corrected chi connectivity index (χ3v) is 3.57. The number of H-pyrrole nitrogens is 1. The van der Waals surface area contributed by atoms with Crippen LogP contribution in [0, 0.1) is 0 Å². The lowest BCUT2D eigenvalue weighted by Gasteiger charge is -2.10. The van der Waals surface area contributed by atoms with Crippen LogP contribution in [0.4, 0.5) is 5.82 Å². The molecule has 0 aromatic carbocycles. The average molecular weight is 281 g/mol. The molecule has 19 heavy (non-hydrogen) atoms. The summed E-state index contributed by atoms with van der Waals surface area (Å²) in [6, 6.07) is 0. The van der Waals surface area contributed by atoms with Gasteiger partial charge in [0.05, 0.1) is 11.6 Å². The summed E-state index contributed by atoms with van der Waals surface area (Å²) in [6.07, 6.45) is 5.87. The summed E-state index contributed by atoms with van der Waals surface area (Å²) < 4.78 is 0. The minimum absolute atomic E-state index is 0.308. The normalized spacial score (nSPS) is 12.9. The highest BCUT2D eigenvalue weighted by Crippen LogP contribution is 2.18. The van der Waals surface area contributed by atoms with Crippen molar-refractivity contribution < 1.29 is 5.11 Å².